The van der Waals surface area contributed by atoms with Gasteiger partial charge in [-0.25, -0.2) is 9.97 Å². The van der Waals surface area contributed by atoms with Crippen LogP contribution in [0.1, 0.15) is 44.2 Å². The van der Waals surface area contributed by atoms with Crippen molar-refractivity contribution in [2.45, 2.75) is 50.9 Å². The number of aliphatic hydroxyl groups is 1. The molecular formula is C15H18Cl2N4O2. The van der Waals surface area contributed by atoms with Gasteiger partial charge in [-0.1, -0.05) is 11.6 Å². The molecule has 8 heteroatoms. The first-order valence-corrected chi connectivity index (χ1v) is 8.78. The van der Waals surface area contributed by atoms with Gasteiger partial charge < -0.3 is 9.84 Å². The number of rotatable bonds is 4. The average molecular weight is 357 g/mol. The standard InChI is InChI=1S/C15H18Cl2N4O2/c16-13-12-14(20-15(17)19-13)21(11-3-1-2-6-23-11)10(18-12)7-9(22)8-4-5-8/h8-9,11,22H,1-7H2. The number of halogens is 2. The van der Waals surface area contributed by atoms with E-state index in [0.717, 1.165) is 37.9 Å². The summed E-state index contributed by atoms with van der Waals surface area (Å²) in [5.74, 6) is 1.12. The topological polar surface area (TPSA) is 73.1 Å². The lowest BCUT2D eigenvalue weighted by molar-refractivity contribution is -0.0321. The second-order valence-electron chi connectivity index (χ2n) is 6.28. The van der Waals surface area contributed by atoms with Crippen LogP contribution < -0.4 is 0 Å². The van der Waals surface area contributed by atoms with E-state index in [2.05, 4.69) is 15.0 Å². The van der Waals surface area contributed by atoms with Gasteiger partial charge in [0, 0.05) is 13.0 Å². The molecule has 1 aliphatic heterocycles. The molecule has 2 fully saturated rings. The van der Waals surface area contributed by atoms with Crippen molar-refractivity contribution < 1.29 is 9.84 Å². The normalized spacial score (nSPS) is 23.3. The van der Waals surface area contributed by atoms with Crippen molar-refractivity contribution >= 4 is 34.4 Å². The highest BCUT2D eigenvalue weighted by molar-refractivity contribution is 6.35. The van der Waals surface area contributed by atoms with E-state index in [4.69, 9.17) is 27.9 Å². The molecule has 4 rings (SSSR count). The van der Waals surface area contributed by atoms with Crippen LogP contribution in [0.3, 0.4) is 0 Å². The van der Waals surface area contributed by atoms with Gasteiger partial charge in [-0.3, -0.25) is 4.57 Å². The Kier molecular flexibility index (Phi) is 4.17. The van der Waals surface area contributed by atoms with E-state index in [1.807, 2.05) is 4.57 Å². The fourth-order valence-corrected chi connectivity index (χ4v) is 3.58. The van der Waals surface area contributed by atoms with Crippen LogP contribution in [0.25, 0.3) is 11.2 Å². The van der Waals surface area contributed by atoms with Crippen LogP contribution in [0.15, 0.2) is 0 Å². The van der Waals surface area contributed by atoms with Gasteiger partial charge >= 0.3 is 0 Å². The minimum atomic E-state index is -0.392. The summed E-state index contributed by atoms with van der Waals surface area (Å²) in [4.78, 5) is 12.9. The molecule has 0 bridgehead atoms. The van der Waals surface area contributed by atoms with Gasteiger partial charge in [0.05, 0.1) is 6.10 Å². The number of aromatic nitrogens is 4. The number of fused-ring (bicyclic) bond motifs is 1. The highest BCUT2D eigenvalue weighted by Gasteiger charge is 2.32. The molecule has 2 aliphatic rings. The minimum Gasteiger partial charge on any atom is -0.392 e. The van der Waals surface area contributed by atoms with Crippen LogP contribution in [-0.4, -0.2) is 37.3 Å². The lowest BCUT2D eigenvalue weighted by atomic mass is 10.1. The molecule has 1 aliphatic carbocycles. The number of aliphatic hydroxyl groups excluding tert-OH is 1. The van der Waals surface area contributed by atoms with E-state index in [1.165, 1.54) is 0 Å². The Morgan fingerprint density at radius 1 is 1.17 bits per heavy atom. The summed E-state index contributed by atoms with van der Waals surface area (Å²) in [6.45, 7) is 0.710. The number of hydrogen-bond donors (Lipinski definition) is 1. The lowest BCUT2D eigenvalue weighted by Gasteiger charge is -2.26. The Morgan fingerprint density at radius 2 is 2.00 bits per heavy atom. The summed E-state index contributed by atoms with van der Waals surface area (Å²) < 4.78 is 7.85. The maximum absolute atomic E-state index is 10.3. The van der Waals surface area contributed by atoms with Gasteiger partial charge in [-0.15, -0.1) is 0 Å². The van der Waals surface area contributed by atoms with Crippen molar-refractivity contribution in [2.24, 2.45) is 5.92 Å². The van der Waals surface area contributed by atoms with Crippen molar-refractivity contribution in [1.29, 1.82) is 0 Å². The second kappa shape index (κ2) is 6.16. The van der Waals surface area contributed by atoms with Gasteiger partial charge in [0.15, 0.2) is 10.8 Å². The summed E-state index contributed by atoms with van der Waals surface area (Å²) in [6, 6.07) is 0. The van der Waals surface area contributed by atoms with Crippen molar-refractivity contribution in [1.82, 2.24) is 19.5 Å². The summed E-state index contributed by atoms with van der Waals surface area (Å²) in [5, 5.41) is 10.6. The Hall–Kier alpha value is -0.950. The fraction of sp³-hybridized carbons (Fsp3) is 0.667. The summed E-state index contributed by atoms with van der Waals surface area (Å²) >= 11 is 12.2. The third-order valence-electron chi connectivity index (χ3n) is 4.54. The summed E-state index contributed by atoms with van der Waals surface area (Å²) in [7, 11) is 0. The van der Waals surface area contributed by atoms with Crippen LogP contribution in [0.4, 0.5) is 0 Å². The van der Waals surface area contributed by atoms with Crippen LogP contribution in [0, 0.1) is 5.92 Å². The Balaban J connectivity index is 1.80. The molecule has 0 radical (unpaired) electrons. The third kappa shape index (κ3) is 3.05. The maximum atomic E-state index is 10.3. The Bertz CT molecular complexity index is 726. The van der Waals surface area contributed by atoms with Gasteiger partial charge in [0.1, 0.15) is 17.6 Å². The zero-order valence-corrected chi connectivity index (χ0v) is 14.1. The molecule has 1 saturated heterocycles. The first-order valence-electron chi connectivity index (χ1n) is 8.03. The first-order chi connectivity index (χ1) is 11.1. The molecule has 2 aromatic heterocycles. The molecule has 1 N–H and O–H groups in total. The molecule has 2 atom stereocenters. The third-order valence-corrected chi connectivity index (χ3v) is 4.98. The number of imidazole rings is 1. The highest BCUT2D eigenvalue weighted by atomic mass is 35.5. The molecule has 0 aromatic carbocycles. The van der Waals surface area contributed by atoms with Crippen molar-refractivity contribution in [3.05, 3.63) is 16.3 Å². The van der Waals surface area contributed by atoms with Crippen molar-refractivity contribution in [3.63, 3.8) is 0 Å². The minimum absolute atomic E-state index is 0.0914. The van der Waals surface area contributed by atoms with Crippen LogP contribution in [-0.2, 0) is 11.2 Å². The van der Waals surface area contributed by atoms with Crippen LogP contribution >= 0.6 is 23.2 Å². The van der Waals surface area contributed by atoms with E-state index in [0.29, 0.717) is 30.1 Å². The molecule has 0 amide bonds. The maximum Gasteiger partial charge on any atom is 0.225 e. The number of ether oxygens (including phenoxy) is 1. The van der Waals surface area contributed by atoms with Crippen molar-refractivity contribution in [2.75, 3.05) is 6.61 Å². The smallest absolute Gasteiger partial charge is 0.225 e. The van der Waals surface area contributed by atoms with Crippen LogP contribution in [0.2, 0.25) is 10.4 Å². The highest BCUT2D eigenvalue weighted by Crippen LogP contribution is 2.36. The van der Waals surface area contributed by atoms with E-state index in [-0.39, 0.29) is 16.7 Å². The van der Waals surface area contributed by atoms with Crippen LogP contribution in [0.5, 0.6) is 0 Å². The summed E-state index contributed by atoms with van der Waals surface area (Å²) in [5.41, 5.74) is 1.10. The number of nitrogens with zero attached hydrogens (tertiary/aromatic N) is 4. The SMILES string of the molecule is OC(Cc1nc2c(Cl)nc(Cl)nc2n1C1CCCCO1)C1CC1. The van der Waals surface area contributed by atoms with Crippen molar-refractivity contribution in [3.8, 4) is 0 Å². The molecule has 1 saturated carbocycles. The monoisotopic (exact) mass is 356 g/mol. The van der Waals surface area contributed by atoms with E-state index >= 15 is 0 Å². The molecular weight excluding hydrogens is 339 g/mol. The molecule has 124 valence electrons. The Morgan fingerprint density at radius 3 is 2.70 bits per heavy atom. The lowest BCUT2D eigenvalue weighted by Crippen LogP contribution is -2.23. The predicted octanol–water partition coefficient (Wildman–Crippen LogP) is 3.15. The van der Waals surface area contributed by atoms with E-state index < -0.39 is 6.10 Å². The molecule has 2 unspecified atom stereocenters. The van der Waals surface area contributed by atoms with Gasteiger partial charge in [-0.05, 0) is 49.6 Å². The van der Waals surface area contributed by atoms with E-state index in [1.54, 1.807) is 0 Å². The van der Waals surface area contributed by atoms with Gasteiger partial charge in [0.2, 0.25) is 5.28 Å². The molecule has 23 heavy (non-hydrogen) atoms. The quantitative estimate of drug-likeness (QED) is 0.672. The molecule has 3 heterocycles. The number of hydrogen-bond acceptors (Lipinski definition) is 5. The fourth-order valence-electron chi connectivity index (χ4n) is 3.17. The zero-order chi connectivity index (χ0) is 16.0. The Labute approximate surface area is 143 Å². The second-order valence-corrected chi connectivity index (χ2v) is 6.98. The van der Waals surface area contributed by atoms with Gasteiger partial charge in [-0.2, -0.15) is 4.98 Å². The molecule has 6 nitrogen and oxygen atoms in total. The first kappa shape index (κ1) is 15.6. The zero-order valence-electron chi connectivity index (χ0n) is 12.6. The molecule has 0 spiro atoms. The average Bonchev–Trinajstić information content (AvgIpc) is 3.31. The molecule has 2 aromatic rings. The largest absolute Gasteiger partial charge is 0.392 e. The predicted molar refractivity (Wildman–Crippen MR) is 86.6 cm³/mol. The van der Waals surface area contributed by atoms with E-state index in [9.17, 15) is 5.11 Å². The summed E-state index contributed by atoms with van der Waals surface area (Å²) in [6.07, 6.45) is 5.11. The van der Waals surface area contributed by atoms with Gasteiger partial charge in [0.25, 0.3) is 0 Å².